The summed E-state index contributed by atoms with van der Waals surface area (Å²) in [6.45, 7) is 2.30. The van der Waals surface area contributed by atoms with E-state index >= 15 is 0 Å². The van der Waals surface area contributed by atoms with Gasteiger partial charge in [-0.15, -0.1) is 0 Å². The minimum atomic E-state index is 1.01. The number of unbranched alkanes of at least 4 members (excludes halogenated alkanes) is 9. The van der Waals surface area contributed by atoms with Crippen LogP contribution in [0.1, 0.15) is 84.0 Å². The molecule has 1 saturated heterocycles. The zero-order chi connectivity index (χ0) is 14.3. The van der Waals surface area contributed by atoms with Crippen LogP contribution in [0.15, 0.2) is 0 Å². The summed E-state index contributed by atoms with van der Waals surface area (Å²) in [4.78, 5) is 0. The third kappa shape index (κ3) is 11.4. The van der Waals surface area contributed by atoms with Gasteiger partial charge in [0.15, 0.2) is 0 Å². The van der Waals surface area contributed by atoms with Crippen LogP contribution in [0.25, 0.3) is 0 Å². The molecule has 1 aliphatic rings. The number of thioether (sulfide) groups is 2. The van der Waals surface area contributed by atoms with Crippen LogP contribution in [0.2, 0.25) is 0 Å². The minimum absolute atomic E-state index is 1.01. The van der Waals surface area contributed by atoms with Gasteiger partial charge in [0.2, 0.25) is 0 Å². The van der Waals surface area contributed by atoms with Gasteiger partial charge >= 0.3 is 0 Å². The molecule has 0 aromatic rings. The third-order valence-electron chi connectivity index (χ3n) is 4.25. The first kappa shape index (κ1) is 18.7. The van der Waals surface area contributed by atoms with Gasteiger partial charge in [-0.25, -0.2) is 0 Å². The zero-order valence-electron chi connectivity index (χ0n) is 13.7. The summed E-state index contributed by atoms with van der Waals surface area (Å²) in [5.41, 5.74) is 0. The molecule has 0 aliphatic carbocycles. The molecular weight excluding hydrogens is 280 g/mol. The summed E-state index contributed by atoms with van der Waals surface area (Å²) in [7, 11) is 0. The van der Waals surface area contributed by atoms with Crippen LogP contribution in [0.4, 0.5) is 0 Å². The zero-order valence-corrected chi connectivity index (χ0v) is 15.3. The Morgan fingerprint density at radius 2 is 1.20 bits per heavy atom. The fraction of sp³-hybridized carbons (Fsp3) is 1.00. The van der Waals surface area contributed by atoms with Gasteiger partial charge in [-0.2, -0.15) is 23.5 Å². The molecule has 0 saturated carbocycles. The maximum absolute atomic E-state index is 2.30. The molecule has 1 aliphatic heterocycles. The summed E-state index contributed by atoms with van der Waals surface area (Å²) >= 11 is 4.41. The van der Waals surface area contributed by atoms with Crippen LogP contribution >= 0.6 is 23.5 Å². The smallest absolute Gasteiger partial charge is 0.00312 e. The van der Waals surface area contributed by atoms with E-state index < -0.39 is 0 Å². The van der Waals surface area contributed by atoms with Crippen molar-refractivity contribution in [1.82, 2.24) is 0 Å². The van der Waals surface area contributed by atoms with E-state index in [-0.39, 0.29) is 0 Å². The quantitative estimate of drug-likeness (QED) is 0.385. The number of hydrogen-bond acceptors (Lipinski definition) is 2. The average molecular weight is 317 g/mol. The lowest BCUT2D eigenvalue weighted by molar-refractivity contribution is 0.513. The minimum Gasteiger partial charge on any atom is -0.162 e. The molecule has 0 aromatic heterocycles. The van der Waals surface area contributed by atoms with Gasteiger partial charge < -0.3 is 0 Å². The molecule has 0 radical (unpaired) electrons. The Bertz CT molecular complexity index is 186. The Kier molecular flexibility index (Phi) is 13.7. The largest absolute Gasteiger partial charge is 0.162 e. The lowest BCUT2D eigenvalue weighted by Crippen LogP contribution is -2.10. The van der Waals surface area contributed by atoms with Crippen molar-refractivity contribution < 1.29 is 0 Å². The molecule has 120 valence electrons. The van der Waals surface area contributed by atoms with Gasteiger partial charge in [0, 0.05) is 0 Å². The fourth-order valence-corrected chi connectivity index (χ4v) is 5.50. The van der Waals surface area contributed by atoms with Crippen molar-refractivity contribution in [2.45, 2.75) is 84.0 Å². The van der Waals surface area contributed by atoms with E-state index in [1.54, 1.807) is 0 Å². The van der Waals surface area contributed by atoms with E-state index in [9.17, 15) is 0 Å². The topological polar surface area (TPSA) is 0 Å². The van der Waals surface area contributed by atoms with Crippen molar-refractivity contribution in [3.05, 3.63) is 0 Å². The third-order valence-corrected chi connectivity index (χ3v) is 6.82. The molecule has 0 spiro atoms. The Labute approximate surface area is 136 Å². The second-order valence-corrected chi connectivity index (χ2v) is 8.64. The Morgan fingerprint density at radius 1 is 0.700 bits per heavy atom. The summed E-state index contributed by atoms with van der Waals surface area (Å²) in [5, 5.41) is 0. The van der Waals surface area contributed by atoms with Gasteiger partial charge in [0.1, 0.15) is 0 Å². The van der Waals surface area contributed by atoms with E-state index in [1.165, 1.54) is 100 Å². The molecular formula is C18H36S2. The monoisotopic (exact) mass is 316 g/mol. The van der Waals surface area contributed by atoms with E-state index in [1.807, 2.05) is 0 Å². The molecule has 0 nitrogen and oxygen atoms in total. The van der Waals surface area contributed by atoms with Gasteiger partial charge in [-0.1, -0.05) is 71.1 Å². The molecule has 1 heterocycles. The maximum Gasteiger partial charge on any atom is -0.00312 e. The first-order chi connectivity index (χ1) is 9.93. The lowest BCUT2D eigenvalue weighted by atomic mass is 10.0. The molecule has 1 fully saturated rings. The van der Waals surface area contributed by atoms with E-state index in [0.717, 1.165) is 5.92 Å². The SMILES string of the molecule is CCCCCCCCCCCCC1CSCCCSC1. The summed E-state index contributed by atoms with van der Waals surface area (Å²) < 4.78 is 0. The van der Waals surface area contributed by atoms with Gasteiger partial charge in [-0.05, 0) is 41.8 Å². The first-order valence-electron chi connectivity index (χ1n) is 9.09. The van der Waals surface area contributed by atoms with Crippen LogP contribution in [-0.2, 0) is 0 Å². The lowest BCUT2D eigenvalue weighted by Gasteiger charge is -2.18. The van der Waals surface area contributed by atoms with Gasteiger partial charge in [0.05, 0.1) is 0 Å². The van der Waals surface area contributed by atoms with Crippen molar-refractivity contribution in [3.8, 4) is 0 Å². The molecule has 0 bridgehead atoms. The fourth-order valence-electron chi connectivity index (χ4n) is 2.90. The van der Waals surface area contributed by atoms with Crippen molar-refractivity contribution >= 4 is 23.5 Å². The van der Waals surface area contributed by atoms with Crippen LogP contribution in [0, 0.1) is 5.92 Å². The van der Waals surface area contributed by atoms with Gasteiger partial charge in [-0.3, -0.25) is 0 Å². The van der Waals surface area contributed by atoms with Crippen LogP contribution in [0.3, 0.4) is 0 Å². The summed E-state index contributed by atoms with van der Waals surface area (Å²) in [5.74, 6) is 6.69. The highest BCUT2D eigenvalue weighted by Crippen LogP contribution is 2.24. The van der Waals surface area contributed by atoms with Crippen molar-refractivity contribution in [2.75, 3.05) is 23.0 Å². The second-order valence-electron chi connectivity index (χ2n) is 6.34. The predicted molar refractivity (Wildman–Crippen MR) is 99.2 cm³/mol. The molecule has 0 amide bonds. The Hall–Kier alpha value is 0.700. The summed E-state index contributed by atoms with van der Waals surface area (Å²) in [6.07, 6.45) is 17.6. The molecule has 0 atom stereocenters. The maximum atomic E-state index is 2.30. The van der Waals surface area contributed by atoms with Crippen LogP contribution < -0.4 is 0 Å². The van der Waals surface area contributed by atoms with Crippen LogP contribution in [-0.4, -0.2) is 23.0 Å². The molecule has 0 aromatic carbocycles. The number of hydrogen-bond donors (Lipinski definition) is 0. The van der Waals surface area contributed by atoms with E-state index in [0.29, 0.717) is 0 Å². The van der Waals surface area contributed by atoms with Crippen molar-refractivity contribution in [2.24, 2.45) is 5.92 Å². The molecule has 0 unspecified atom stereocenters. The highest BCUT2D eigenvalue weighted by atomic mass is 32.2. The normalized spacial score (nSPS) is 17.9. The van der Waals surface area contributed by atoms with Crippen molar-refractivity contribution in [3.63, 3.8) is 0 Å². The van der Waals surface area contributed by atoms with Crippen LogP contribution in [0.5, 0.6) is 0 Å². The molecule has 2 heteroatoms. The summed E-state index contributed by atoms with van der Waals surface area (Å²) in [6, 6.07) is 0. The molecule has 1 rings (SSSR count). The Morgan fingerprint density at radius 3 is 1.75 bits per heavy atom. The second kappa shape index (κ2) is 14.6. The Balaban J connectivity index is 1.81. The highest BCUT2D eigenvalue weighted by molar-refractivity contribution is 8.00. The van der Waals surface area contributed by atoms with E-state index in [2.05, 4.69) is 30.4 Å². The predicted octanol–water partition coefficient (Wildman–Crippen LogP) is 6.78. The van der Waals surface area contributed by atoms with Crippen molar-refractivity contribution in [1.29, 1.82) is 0 Å². The van der Waals surface area contributed by atoms with Gasteiger partial charge in [0.25, 0.3) is 0 Å². The molecule has 20 heavy (non-hydrogen) atoms. The number of rotatable bonds is 11. The first-order valence-corrected chi connectivity index (χ1v) is 11.4. The standard InChI is InChI=1S/C18H36S2/c1-2-3-4-5-6-7-8-9-10-11-13-18-16-19-14-12-15-20-17-18/h18H,2-17H2,1H3. The highest BCUT2D eigenvalue weighted by Gasteiger charge is 2.11. The average Bonchev–Trinajstić information content (AvgIpc) is 2.42. The molecule has 0 N–H and O–H groups in total. The van der Waals surface area contributed by atoms with E-state index in [4.69, 9.17) is 0 Å².